The number of ether oxygens (including phenoxy) is 1. The Labute approximate surface area is 117 Å². The molecule has 1 saturated heterocycles. The monoisotopic (exact) mass is 267 g/mol. The third-order valence-electron chi connectivity index (χ3n) is 4.18. The minimum atomic E-state index is 0.335. The van der Waals surface area contributed by atoms with Crippen molar-refractivity contribution < 1.29 is 4.74 Å². The fourth-order valence-corrected chi connectivity index (χ4v) is 2.90. The fourth-order valence-electron chi connectivity index (χ4n) is 2.90. The van der Waals surface area contributed by atoms with Crippen molar-refractivity contribution in [3.63, 3.8) is 0 Å². The molecule has 19 heavy (non-hydrogen) atoms. The average Bonchev–Trinajstić information content (AvgIpc) is 2.92. The Hall–Kier alpha value is -0.770. The molecule has 1 unspecified atom stereocenters. The van der Waals surface area contributed by atoms with Crippen LogP contribution in [0, 0.1) is 5.92 Å². The maximum absolute atomic E-state index is 5.62. The smallest absolute Gasteiger partial charge is 0.191 e. The minimum absolute atomic E-state index is 0.335. The van der Waals surface area contributed by atoms with Crippen molar-refractivity contribution in [2.24, 2.45) is 10.9 Å². The van der Waals surface area contributed by atoms with Crippen LogP contribution >= 0.6 is 0 Å². The van der Waals surface area contributed by atoms with Crippen molar-refractivity contribution in [2.75, 3.05) is 19.7 Å². The molecule has 0 spiro atoms. The Morgan fingerprint density at radius 2 is 2.00 bits per heavy atom. The van der Waals surface area contributed by atoms with Crippen molar-refractivity contribution in [3.05, 3.63) is 0 Å². The second kappa shape index (κ2) is 7.73. The number of hydrogen-bond donors (Lipinski definition) is 2. The highest BCUT2D eigenvalue weighted by Gasteiger charge is 2.19. The van der Waals surface area contributed by atoms with E-state index in [0.717, 1.165) is 38.0 Å². The number of nitrogens with zero attached hydrogens (tertiary/aromatic N) is 1. The van der Waals surface area contributed by atoms with Gasteiger partial charge in [0, 0.05) is 19.2 Å². The first-order valence-electron chi connectivity index (χ1n) is 7.94. The van der Waals surface area contributed by atoms with E-state index < -0.39 is 0 Å². The molecule has 2 rings (SSSR count). The second-order valence-electron chi connectivity index (χ2n) is 5.96. The molecule has 0 aromatic heterocycles. The summed E-state index contributed by atoms with van der Waals surface area (Å²) in [7, 11) is 0. The SMILES string of the molecule is CCNC(=NCC1CCCO1)NC1CCC(C)CC1. The van der Waals surface area contributed by atoms with Crippen molar-refractivity contribution in [3.8, 4) is 0 Å². The summed E-state index contributed by atoms with van der Waals surface area (Å²) in [6.45, 7) is 7.09. The zero-order valence-corrected chi connectivity index (χ0v) is 12.5. The first kappa shape index (κ1) is 14.6. The van der Waals surface area contributed by atoms with Gasteiger partial charge in [0.05, 0.1) is 12.6 Å². The Morgan fingerprint density at radius 3 is 2.63 bits per heavy atom. The van der Waals surface area contributed by atoms with Crippen molar-refractivity contribution in [2.45, 2.75) is 64.5 Å². The molecule has 1 saturated carbocycles. The zero-order valence-electron chi connectivity index (χ0n) is 12.5. The first-order valence-corrected chi connectivity index (χ1v) is 7.94. The number of hydrogen-bond acceptors (Lipinski definition) is 2. The number of rotatable bonds is 4. The predicted molar refractivity (Wildman–Crippen MR) is 79.5 cm³/mol. The molecule has 2 fully saturated rings. The molecule has 0 aromatic carbocycles. The summed E-state index contributed by atoms with van der Waals surface area (Å²) in [5, 5.41) is 6.93. The van der Waals surface area contributed by atoms with Gasteiger partial charge in [-0.05, 0) is 51.4 Å². The number of aliphatic imine (C=N–C) groups is 1. The summed E-state index contributed by atoms with van der Waals surface area (Å²) in [6.07, 6.45) is 7.89. The number of nitrogens with one attached hydrogen (secondary N) is 2. The number of guanidine groups is 1. The third-order valence-corrected chi connectivity index (χ3v) is 4.18. The molecular weight excluding hydrogens is 238 g/mol. The van der Waals surface area contributed by atoms with Crippen LogP contribution in [0.4, 0.5) is 0 Å². The van der Waals surface area contributed by atoms with Gasteiger partial charge in [-0.1, -0.05) is 6.92 Å². The highest BCUT2D eigenvalue weighted by atomic mass is 16.5. The van der Waals surface area contributed by atoms with Crippen LogP contribution in [0.5, 0.6) is 0 Å². The molecule has 1 aliphatic heterocycles. The van der Waals surface area contributed by atoms with Gasteiger partial charge in [-0.3, -0.25) is 4.99 Å². The lowest BCUT2D eigenvalue weighted by Crippen LogP contribution is -2.45. The van der Waals surface area contributed by atoms with E-state index in [1.807, 2.05) is 0 Å². The lowest BCUT2D eigenvalue weighted by molar-refractivity contribution is 0.117. The highest BCUT2D eigenvalue weighted by molar-refractivity contribution is 5.80. The van der Waals surface area contributed by atoms with Gasteiger partial charge in [0.1, 0.15) is 0 Å². The van der Waals surface area contributed by atoms with E-state index >= 15 is 0 Å². The van der Waals surface area contributed by atoms with Crippen molar-refractivity contribution in [1.29, 1.82) is 0 Å². The van der Waals surface area contributed by atoms with Gasteiger partial charge >= 0.3 is 0 Å². The van der Waals surface area contributed by atoms with E-state index in [0.29, 0.717) is 12.1 Å². The van der Waals surface area contributed by atoms with E-state index in [2.05, 4.69) is 29.5 Å². The van der Waals surface area contributed by atoms with Crippen LogP contribution in [0.3, 0.4) is 0 Å². The van der Waals surface area contributed by atoms with Gasteiger partial charge in [-0.15, -0.1) is 0 Å². The van der Waals surface area contributed by atoms with Crippen LogP contribution in [0.15, 0.2) is 4.99 Å². The molecule has 4 nitrogen and oxygen atoms in total. The third kappa shape index (κ3) is 5.01. The molecule has 1 heterocycles. The molecule has 0 bridgehead atoms. The predicted octanol–water partition coefficient (Wildman–Crippen LogP) is 2.30. The van der Waals surface area contributed by atoms with E-state index in [4.69, 9.17) is 4.74 Å². The van der Waals surface area contributed by atoms with E-state index in [9.17, 15) is 0 Å². The van der Waals surface area contributed by atoms with Gasteiger partial charge < -0.3 is 15.4 Å². The normalized spacial score (nSPS) is 32.3. The summed E-state index contributed by atoms with van der Waals surface area (Å²) in [5.74, 6) is 1.86. The Kier molecular flexibility index (Phi) is 5.95. The lowest BCUT2D eigenvalue weighted by atomic mass is 9.87. The molecule has 1 atom stereocenters. The summed E-state index contributed by atoms with van der Waals surface area (Å²) in [4.78, 5) is 4.68. The standard InChI is InChI=1S/C15H29N3O/c1-3-16-15(17-11-14-5-4-10-19-14)18-13-8-6-12(2)7-9-13/h12-14H,3-11H2,1-2H3,(H2,16,17,18). The van der Waals surface area contributed by atoms with Gasteiger partial charge in [0.25, 0.3) is 0 Å². The lowest BCUT2D eigenvalue weighted by Gasteiger charge is -2.28. The molecular formula is C15H29N3O. The fraction of sp³-hybridized carbons (Fsp3) is 0.933. The Morgan fingerprint density at radius 1 is 1.21 bits per heavy atom. The maximum Gasteiger partial charge on any atom is 0.191 e. The Balaban J connectivity index is 1.78. The van der Waals surface area contributed by atoms with Gasteiger partial charge in [0.15, 0.2) is 5.96 Å². The quantitative estimate of drug-likeness (QED) is 0.607. The van der Waals surface area contributed by atoms with E-state index in [1.54, 1.807) is 0 Å². The first-order chi connectivity index (χ1) is 9.28. The van der Waals surface area contributed by atoms with Crippen LogP contribution in [0.2, 0.25) is 0 Å². The minimum Gasteiger partial charge on any atom is -0.376 e. The van der Waals surface area contributed by atoms with Crippen LogP contribution in [-0.2, 0) is 4.74 Å². The molecule has 0 radical (unpaired) electrons. The molecule has 1 aliphatic carbocycles. The Bertz CT molecular complexity index is 279. The van der Waals surface area contributed by atoms with Gasteiger partial charge in [-0.25, -0.2) is 0 Å². The maximum atomic E-state index is 5.62. The summed E-state index contributed by atoms with van der Waals surface area (Å²) in [6, 6.07) is 0.596. The topological polar surface area (TPSA) is 45.7 Å². The summed E-state index contributed by atoms with van der Waals surface area (Å²) < 4.78 is 5.62. The molecule has 0 amide bonds. The second-order valence-corrected chi connectivity index (χ2v) is 5.96. The highest BCUT2D eigenvalue weighted by Crippen LogP contribution is 2.23. The molecule has 2 aliphatic rings. The zero-order chi connectivity index (χ0) is 13.5. The summed E-state index contributed by atoms with van der Waals surface area (Å²) >= 11 is 0. The van der Waals surface area contributed by atoms with Gasteiger partial charge in [-0.2, -0.15) is 0 Å². The average molecular weight is 267 g/mol. The van der Waals surface area contributed by atoms with Crippen LogP contribution < -0.4 is 10.6 Å². The van der Waals surface area contributed by atoms with E-state index in [-0.39, 0.29) is 0 Å². The summed E-state index contributed by atoms with van der Waals surface area (Å²) in [5.41, 5.74) is 0. The molecule has 110 valence electrons. The van der Waals surface area contributed by atoms with Crippen LogP contribution in [-0.4, -0.2) is 37.8 Å². The van der Waals surface area contributed by atoms with Gasteiger partial charge in [0.2, 0.25) is 0 Å². The molecule has 4 heteroatoms. The molecule has 0 aromatic rings. The molecule has 2 N–H and O–H groups in total. The van der Waals surface area contributed by atoms with Crippen LogP contribution in [0.25, 0.3) is 0 Å². The van der Waals surface area contributed by atoms with Crippen molar-refractivity contribution in [1.82, 2.24) is 10.6 Å². The van der Waals surface area contributed by atoms with Crippen LogP contribution in [0.1, 0.15) is 52.4 Å². The largest absolute Gasteiger partial charge is 0.376 e. The van der Waals surface area contributed by atoms with E-state index in [1.165, 1.54) is 32.1 Å². The van der Waals surface area contributed by atoms with Crippen molar-refractivity contribution >= 4 is 5.96 Å².